The fourth-order valence-electron chi connectivity index (χ4n) is 7.68. The number of aromatic nitrogens is 6. The summed E-state index contributed by atoms with van der Waals surface area (Å²) < 4.78 is 25.2. The summed E-state index contributed by atoms with van der Waals surface area (Å²) in [5, 5.41) is 4.26. The molecule has 0 bridgehead atoms. The van der Waals surface area contributed by atoms with E-state index < -0.39 is 0 Å². The van der Waals surface area contributed by atoms with Crippen LogP contribution in [0.25, 0.3) is 101 Å². The SMILES string of the molecule is Fc1ccc(-c2nc(-c3ccccc3)nc(-n3c4ccccc4c4ccc5c6ccccc6n(-c6cccc7nc(-c8ccccc8)oc67)c5c43)n2)cc1. The molecule has 4 aromatic heterocycles. The molecule has 0 atom stereocenters. The Kier molecular flexibility index (Phi) is 6.60. The Bertz CT molecular complexity index is 3220. The molecule has 8 heteroatoms. The molecule has 0 aliphatic carbocycles. The first kappa shape index (κ1) is 30.2. The molecule has 54 heavy (non-hydrogen) atoms. The van der Waals surface area contributed by atoms with Gasteiger partial charge in [0.05, 0.1) is 27.8 Å². The first-order chi connectivity index (χ1) is 26.7. The highest BCUT2D eigenvalue weighted by molar-refractivity contribution is 6.24. The van der Waals surface area contributed by atoms with Crippen LogP contribution in [0.4, 0.5) is 4.39 Å². The maximum atomic E-state index is 14.1. The average molecular weight is 699 g/mol. The van der Waals surface area contributed by atoms with E-state index in [-0.39, 0.29) is 5.82 Å². The van der Waals surface area contributed by atoms with E-state index in [0.29, 0.717) is 34.6 Å². The lowest BCUT2D eigenvalue weighted by Gasteiger charge is -2.13. The van der Waals surface area contributed by atoms with E-state index in [9.17, 15) is 4.39 Å². The van der Waals surface area contributed by atoms with Crippen LogP contribution in [0.3, 0.4) is 0 Å². The van der Waals surface area contributed by atoms with Crippen molar-refractivity contribution in [2.45, 2.75) is 0 Å². The lowest BCUT2D eigenvalue weighted by Crippen LogP contribution is -2.07. The maximum Gasteiger partial charge on any atom is 0.238 e. The van der Waals surface area contributed by atoms with Gasteiger partial charge >= 0.3 is 0 Å². The molecule has 0 amide bonds. The van der Waals surface area contributed by atoms with Crippen molar-refractivity contribution in [1.82, 2.24) is 29.1 Å². The van der Waals surface area contributed by atoms with Gasteiger partial charge in [0.25, 0.3) is 0 Å². The summed E-state index contributed by atoms with van der Waals surface area (Å²) in [6, 6.07) is 53.3. The molecule has 0 radical (unpaired) electrons. The number of oxazole rings is 1. The van der Waals surface area contributed by atoms with Gasteiger partial charge in [-0.1, -0.05) is 103 Å². The fourth-order valence-corrected chi connectivity index (χ4v) is 7.68. The van der Waals surface area contributed by atoms with E-state index >= 15 is 0 Å². The van der Waals surface area contributed by atoms with Gasteiger partial charge in [-0.05, 0) is 60.7 Å². The Hall–Kier alpha value is -7.45. The number of nitrogens with zero attached hydrogens (tertiary/aromatic N) is 6. The molecule has 4 heterocycles. The third-order valence-corrected chi connectivity index (χ3v) is 10.1. The molecular formula is C46H27FN6O. The van der Waals surface area contributed by atoms with Crippen LogP contribution in [0.5, 0.6) is 0 Å². The topological polar surface area (TPSA) is 74.6 Å². The van der Waals surface area contributed by atoms with E-state index in [4.69, 9.17) is 24.4 Å². The van der Waals surface area contributed by atoms with Gasteiger partial charge in [-0.25, -0.2) is 14.4 Å². The summed E-state index contributed by atoms with van der Waals surface area (Å²) in [6.07, 6.45) is 0. The molecule has 11 aromatic rings. The highest BCUT2D eigenvalue weighted by Gasteiger charge is 2.25. The lowest BCUT2D eigenvalue weighted by molar-refractivity contribution is 0.618. The molecule has 0 saturated carbocycles. The number of hydrogen-bond donors (Lipinski definition) is 0. The number of hydrogen-bond acceptors (Lipinski definition) is 5. The van der Waals surface area contributed by atoms with Crippen LogP contribution in [0.1, 0.15) is 0 Å². The molecule has 0 saturated heterocycles. The second kappa shape index (κ2) is 11.8. The Balaban J connectivity index is 1.28. The summed E-state index contributed by atoms with van der Waals surface area (Å²) in [5.41, 5.74) is 8.61. The van der Waals surface area contributed by atoms with Gasteiger partial charge < -0.3 is 8.98 Å². The number of fused-ring (bicyclic) bond motifs is 8. The summed E-state index contributed by atoms with van der Waals surface area (Å²) >= 11 is 0. The van der Waals surface area contributed by atoms with E-state index in [2.05, 4.69) is 69.8 Å². The van der Waals surface area contributed by atoms with Gasteiger partial charge in [0.15, 0.2) is 17.2 Å². The largest absolute Gasteiger partial charge is 0.434 e. The minimum absolute atomic E-state index is 0.327. The predicted octanol–water partition coefficient (Wildman–Crippen LogP) is 11.3. The second-order valence-corrected chi connectivity index (χ2v) is 13.2. The van der Waals surface area contributed by atoms with Crippen LogP contribution < -0.4 is 0 Å². The van der Waals surface area contributed by atoms with Crippen molar-refractivity contribution in [3.8, 4) is 45.9 Å². The maximum absolute atomic E-state index is 14.1. The normalized spacial score (nSPS) is 11.8. The average Bonchev–Trinajstić information content (AvgIpc) is 3.92. The summed E-state index contributed by atoms with van der Waals surface area (Å²) in [4.78, 5) is 20.1. The number of halogens is 1. The van der Waals surface area contributed by atoms with Crippen molar-refractivity contribution in [2.75, 3.05) is 0 Å². The molecule has 0 aliphatic heterocycles. The van der Waals surface area contributed by atoms with Crippen LogP contribution in [0, 0.1) is 5.82 Å². The number of para-hydroxylation sites is 3. The number of rotatable bonds is 5. The smallest absolute Gasteiger partial charge is 0.238 e. The fraction of sp³-hybridized carbons (Fsp3) is 0. The van der Waals surface area contributed by atoms with Gasteiger partial charge in [-0.3, -0.25) is 4.57 Å². The molecule has 0 N–H and O–H groups in total. The molecule has 0 fully saturated rings. The van der Waals surface area contributed by atoms with Crippen molar-refractivity contribution in [3.63, 3.8) is 0 Å². The van der Waals surface area contributed by atoms with Gasteiger partial charge in [-0.2, -0.15) is 9.97 Å². The Morgan fingerprint density at radius 2 is 0.981 bits per heavy atom. The highest BCUT2D eigenvalue weighted by Crippen LogP contribution is 2.43. The summed E-state index contributed by atoms with van der Waals surface area (Å²) in [5.74, 6) is 1.63. The Labute approximate surface area is 307 Å². The van der Waals surface area contributed by atoms with Gasteiger partial charge in [0.2, 0.25) is 11.8 Å². The zero-order chi connectivity index (χ0) is 35.8. The minimum Gasteiger partial charge on any atom is -0.434 e. The van der Waals surface area contributed by atoms with E-state index in [1.807, 2.05) is 78.9 Å². The Morgan fingerprint density at radius 3 is 1.65 bits per heavy atom. The molecular weight excluding hydrogens is 672 g/mol. The van der Waals surface area contributed by atoms with Crippen molar-refractivity contribution in [1.29, 1.82) is 0 Å². The second-order valence-electron chi connectivity index (χ2n) is 13.2. The highest BCUT2D eigenvalue weighted by atomic mass is 19.1. The summed E-state index contributed by atoms with van der Waals surface area (Å²) in [6.45, 7) is 0. The lowest BCUT2D eigenvalue weighted by atomic mass is 10.1. The molecule has 7 nitrogen and oxygen atoms in total. The third-order valence-electron chi connectivity index (χ3n) is 10.1. The van der Waals surface area contributed by atoms with E-state index in [1.54, 1.807) is 12.1 Å². The van der Waals surface area contributed by atoms with Crippen molar-refractivity contribution < 1.29 is 8.81 Å². The first-order valence-electron chi connectivity index (χ1n) is 17.7. The molecule has 11 rings (SSSR count). The van der Waals surface area contributed by atoms with Crippen LogP contribution in [0.15, 0.2) is 168 Å². The zero-order valence-electron chi connectivity index (χ0n) is 28.6. The first-order valence-corrected chi connectivity index (χ1v) is 17.7. The van der Waals surface area contributed by atoms with Crippen molar-refractivity contribution in [3.05, 3.63) is 170 Å². The molecule has 0 unspecified atom stereocenters. The van der Waals surface area contributed by atoms with Crippen LogP contribution in [-0.2, 0) is 0 Å². The van der Waals surface area contributed by atoms with E-state index in [1.165, 1.54) is 12.1 Å². The third kappa shape index (κ3) is 4.60. The van der Waals surface area contributed by atoms with E-state index in [0.717, 1.165) is 65.9 Å². The predicted molar refractivity (Wildman–Crippen MR) is 212 cm³/mol. The van der Waals surface area contributed by atoms with Crippen LogP contribution >= 0.6 is 0 Å². The molecule has 254 valence electrons. The minimum atomic E-state index is -0.327. The van der Waals surface area contributed by atoms with Crippen LogP contribution in [0.2, 0.25) is 0 Å². The monoisotopic (exact) mass is 698 g/mol. The Morgan fingerprint density at radius 1 is 0.426 bits per heavy atom. The molecule has 0 spiro atoms. The number of benzene rings is 7. The standard InChI is InChI=1S/C46H27FN6O/c47-31-24-22-29(23-25-31)44-49-43(28-12-3-1-4-13-28)50-46(51-44)53-38-20-10-8-17-33(38)35-27-26-34-32-16-7-9-19-37(32)52(40(34)41(35)53)39-21-11-18-36-42(39)54-45(48-36)30-14-5-2-6-15-30/h1-27H. The van der Waals surface area contributed by atoms with Gasteiger partial charge in [0.1, 0.15) is 11.3 Å². The quantitative estimate of drug-likeness (QED) is 0.179. The van der Waals surface area contributed by atoms with Crippen molar-refractivity contribution in [2.24, 2.45) is 0 Å². The van der Waals surface area contributed by atoms with Crippen LogP contribution in [-0.4, -0.2) is 29.1 Å². The summed E-state index contributed by atoms with van der Waals surface area (Å²) in [7, 11) is 0. The van der Waals surface area contributed by atoms with Gasteiger partial charge in [0, 0.05) is 38.2 Å². The zero-order valence-corrected chi connectivity index (χ0v) is 28.6. The van der Waals surface area contributed by atoms with Gasteiger partial charge in [-0.15, -0.1) is 0 Å². The molecule has 0 aliphatic rings. The van der Waals surface area contributed by atoms with Crippen molar-refractivity contribution >= 4 is 54.7 Å². The molecule has 7 aromatic carbocycles.